The highest BCUT2D eigenvalue weighted by atomic mass is 14.4. The summed E-state index contributed by atoms with van der Waals surface area (Å²) >= 11 is 0. The molecule has 2 atom stereocenters. The fourth-order valence-electron chi connectivity index (χ4n) is 2.37. The van der Waals surface area contributed by atoms with Crippen LogP contribution in [0.5, 0.6) is 0 Å². The second kappa shape index (κ2) is 1.75. The van der Waals surface area contributed by atoms with Gasteiger partial charge in [0, 0.05) is 5.41 Å². The maximum absolute atomic E-state index is 2.39. The Kier molecular flexibility index (Phi) is 1.08. The van der Waals surface area contributed by atoms with Crippen LogP contribution < -0.4 is 0 Å². The van der Waals surface area contributed by atoms with Gasteiger partial charge in [-0.25, -0.2) is 0 Å². The molecule has 0 aliphatic heterocycles. The molecule has 2 bridgehead atoms. The summed E-state index contributed by atoms with van der Waals surface area (Å²) in [6, 6.07) is 0. The highest BCUT2D eigenvalue weighted by Gasteiger charge is 2.40. The first kappa shape index (κ1) is 6.21. The Morgan fingerprint density at radius 3 is 2.80 bits per heavy atom. The lowest BCUT2D eigenvalue weighted by atomic mass is 9.85. The largest absolute Gasteiger partial charge is 0.0876 e. The minimum Gasteiger partial charge on any atom is -0.0876 e. The van der Waals surface area contributed by atoms with E-state index in [1.54, 1.807) is 5.57 Å². The standard InChI is InChI=1S/C10H14/c1-3-9-6-8-4-5-10(9,2)7-8/h3-5,8H,6-7H2,1-2H3. The summed E-state index contributed by atoms with van der Waals surface area (Å²) in [5.41, 5.74) is 2.11. The van der Waals surface area contributed by atoms with Crippen molar-refractivity contribution in [3.05, 3.63) is 23.8 Å². The van der Waals surface area contributed by atoms with Gasteiger partial charge in [-0.3, -0.25) is 0 Å². The van der Waals surface area contributed by atoms with Crippen LogP contribution in [0.4, 0.5) is 0 Å². The van der Waals surface area contributed by atoms with Gasteiger partial charge in [0.15, 0.2) is 0 Å². The van der Waals surface area contributed by atoms with E-state index in [1.807, 2.05) is 0 Å². The lowest BCUT2D eigenvalue weighted by Gasteiger charge is -2.19. The van der Waals surface area contributed by atoms with Crippen LogP contribution in [0.15, 0.2) is 23.8 Å². The molecular weight excluding hydrogens is 120 g/mol. The normalized spacial score (nSPS) is 47.4. The van der Waals surface area contributed by atoms with Crippen molar-refractivity contribution in [2.45, 2.75) is 26.7 Å². The third-order valence-corrected chi connectivity index (χ3v) is 2.99. The van der Waals surface area contributed by atoms with Gasteiger partial charge in [-0.15, -0.1) is 0 Å². The van der Waals surface area contributed by atoms with Crippen LogP contribution in [0.3, 0.4) is 0 Å². The van der Waals surface area contributed by atoms with Crippen molar-refractivity contribution in [2.24, 2.45) is 11.3 Å². The second-order valence-corrected chi connectivity index (χ2v) is 3.76. The monoisotopic (exact) mass is 134 g/mol. The molecule has 0 nitrogen and oxygen atoms in total. The van der Waals surface area contributed by atoms with Crippen molar-refractivity contribution < 1.29 is 0 Å². The van der Waals surface area contributed by atoms with E-state index >= 15 is 0 Å². The van der Waals surface area contributed by atoms with Gasteiger partial charge in [-0.05, 0) is 25.7 Å². The van der Waals surface area contributed by atoms with Gasteiger partial charge in [0.05, 0.1) is 0 Å². The Morgan fingerprint density at radius 2 is 2.50 bits per heavy atom. The van der Waals surface area contributed by atoms with Crippen molar-refractivity contribution in [1.29, 1.82) is 0 Å². The summed E-state index contributed by atoms with van der Waals surface area (Å²) in [6.45, 7) is 4.51. The summed E-state index contributed by atoms with van der Waals surface area (Å²) in [5.74, 6) is 0.871. The van der Waals surface area contributed by atoms with Crippen molar-refractivity contribution in [2.75, 3.05) is 0 Å². The number of hydrogen-bond donors (Lipinski definition) is 0. The molecule has 0 aromatic rings. The molecule has 0 spiro atoms. The summed E-state index contributed by atoms with van der Waals surface area (Å²) < 4.78 is 0. The smallest absolute Gasteiger partial charge is 0.00683 e. The van der Waals surface area contributed by atoms with E-state index in [0.29, 0.717) is 5.41 Å². The van der Waals surface area contributed by atoms with Gasteiger partial charge in [0.1, 0.15) is 0 Å². The summed E-state index contributed by atoms with van der Waals surface area (Å²) in [6.07, 6.45) is 9.75. The Bertz CT molecular complexity index is 210. The van der Waals surface area contributed by atoms with E-state index < -0.39 is 0 Å². The molecule has 0 radical (unpaired) electrons. The molecule has 0 amide bonds. The molecule has 0 heterocycles. The van der Waals surface area contributed by atoms with E-state index in [-0.39, 0.29) is 0 Å². The first-order valence-corrected chi connectivity index (χ1v) is 4.09. The quantitative estimate of drug-likeness (QED) is 0.447. The van der Waals surface area contributed by atoms with Crippen LogP contribution in [-0.2, 0) is 0 Å². The highest BCUT2D eigenvalue weighted by Crippen LogP contribution is 2.52. The van der Waals surface area contributed by atoms with Crippen LogP contribution in [0.1, 0.15) is 26.7 Å². The molecule has 2 aliphatic carbocycles. The molecule has 2 rings (SSSR count). The number of fused-ring (bicyclic) bond motifs is 2. The van der Waals surface area contributed by atoms with Crippen molar-refractivity contribution in [3.63, 3.8) is 0 Å². The molecule has 0 saturated heterocycles. The molecule has 2 aliphatic rings. The average Bonchev–Trinajstić information content (AvgIpc) is 2.41. The second-order valence-electron chi connectivity index (χ2n) is 3.76. The lowest BCUT2D eigenvalue weighted by Crippen LogP contribution is -2.07. The Balaban J connectivity index is 2.40. The minimum absolute atomic E-state index is 0.458. The molecular formula is C10H14. The first-order valence-electron chi connectivity index (χ1n) is 4.09. The highest BCUT2D eigenvalue weighted by molar-refractivity contribution is 5.32. The zero-order valence-corrected chi connectivity index (χ0v) is 6.72. The summed E-state index contributed by atoms with van der Waals surface area (Å²) in [4.78, 5) is 0. The molecule has 1 saturated carbocycles. The predicted molar refractivity (Wildman–Crippen MR) is 43.7 cm³/mol. The van der Waals surface area contributed by atoms with E-state index in [1.165, 1.54) is 12.8 Å². The van der Waals surface area contributed by atoms with Crippen LogP contribution in [0.25, 0.3) is 0 Å². The number of rotatable bonds is 0. The molecule has 54 valence electrons. The zero-order valence-electron chi connectivity index (χ0n) is 6.72. The molecule has 10 heavy (non-hydrogen) atoms. The Hall–Kier alpha value is -0.520. The van der Waals surface area contributed by atoms with Crippen LogP contribution >= 0.6 is 0 Å². The third kappa shape index (κ3) is 0.622. The molecule has 2 unspecified atom stereocenters. The Morgan fingerprint density at radius 1 is 1.70 bits per heavy atom. The van der Waals surface area contributed by atoms with E-state index in [2.05, 4.69) is 32.1 Å². The van der Waals surface area contributed by atoms with Gasteiger partial charge in [0.2, 0.25) is 0 Å². The summed E-state index contributed by atoms with van der Waals surface area (Å²) in [5, 5.41) is 0. The molecule has 0 heteroatoms. The third-order valence-electron chi connectivity index (χ3n) is 2.99. The van der Waals surface area contributed by atoms with Crippen molar-refractivity contribution >= 4 is 0 Å². The molecule has 0 aromatic carbocycles. The van der Waals surface area contributed by atoms with Gasteiger partial charge in [-0.1, -0.05) is 30.7 Å². The van der Waals surface area contributed by atoms with Crippen molar-refractivity contribution in [3.8, 4) is 0 Å². The van der Waals surface area contributed by atoms with Gasteiger partial charge < -0.3 is 0 Å². The predicted octanol–water partition coefficient (Wildman–Crippen LogP) is 2.92. The maximum Gasteiger partial charge on any atom is 0.00683 e. The zero-order chi connectivity index (χ0) is 7.19. The van der Waals surface area contributed by atoms with Crippen LogP contribution in [-0.4, -0.2) is 0 Å². The fraction of sp³-hybridized carbons (Fsp3) is 0.600. The Labute approximate surface area is 62.6 Å². The van der Waals surface area contributed by atoms with Crippen LogP contribution in [0, 0.1) is 11.3 Å². The minimum atomic E-state index is 0.458. The fourth-order valence-corrected chi connectivity index (χ4v) is 2.37. The van der Waals surface area contributed by atoms with Gasteiger partial charge in [-0.2, -0.15) is 0 Å². The molecule has 1 fully saturated rings. The maximum atomic E-state index is 2.39. The topological polar surface area (TPSA) is 0 Å². The summed E-state index contributed by atoms with van der Waals surface area (Å²) in [7, 11) is 0. The number of allylic oxidation sites excluding steroid dienone is 4. The molecule has 0 N–H and O–H groups in total. The van der Waals surface area contributed by atoms with E-state index in [0.717, 1.165) is 5.92 Å². The van der Waals surface area contributed by atoms with E-state index in [4.69, 9.17) is 0 Å². The SMILES string of the molecule is CC=C1CC2C=CC1(C)C2. The van der Waals surface area contributed by atoms with Gasteiger partial charge >= 0.3 is 0 Å². The first-order chi connectivity index (χ1) is 4.74. The van der Waals surface area contributed by atoms with Crippen LogP contribution in [0.2, 0.25) is 0 Å². The number of hydrogen-bond acceptors (Lipinski definition) is 0. The molecule has 0 aromatic heterocycles. The van der Waals surface area contributed by atoms with Crippen molar-refractivity contribution in [1.82, 2.24) is 0 Å². The van der Waals surface area contributed by atoms with E-state index in [9.17, 15) is 0 Å². The van der Waals surface area contributed by atoms with Gasteiger partial charge in [0.25, 0.3) is 0 Å². The average molecular weight is 134 g/mol. The lowest BCUT2D eigenvalue weighted by molar-refractivity contribution is 0.531.